The Labute approximate surface area is 144 Å². The fourth-order valence-corrected chi connectivity index (χ4v) is 5.63. The molecule has 0 saturated heterocycles. The molecule has 0 radical (unpaired) electrons. The first-order valence-electron chi connectivity index (χ1n) is 9.18. The highest BCUT2D eigenvalue weighted by Crippen LogP contribution is 2.59. The summed E-state index contributed by atoms with van der Waals surface area (Å²) >= 11 is 0. The number of fused-ring (bicyclic) bond motifs is 2. The molecule has 0 unspecified atom stereocenters. The molecule has 0 aromatic carbocycles. The van der Waals surface area contributed by atoms with Gasteiger partial charge in [0.2, 0.25) is 0 Å². The third kappa shape index (κ3) is 2.12. The topological polar surface area (TPSA) is 74.6 Å². The normalized spacial score (nSPS) is 46.2. The van der Waals surface area contributed by atoms with Gasteiger partial charge in [-0.3, -0.25) is 9.59 Å². The van der Waals surface area contributed by atoms with Crippen molar-refractivity contribution in [2.24, 2.45) is 23.2 Å². The molecular formula is C20H30O4. The van der Waals surface area contributed by atoms with E-state index in [0.717, 1.165) is 5.57 Å². The van der Waals surface area contributed by atoms with E-state index in [1.807, 2.05) is 20.8 Å². The summed E-state index contributed by atoms with van der Waals surface area (Å²) in [5.74, 6) is -0.368. The van der Waals surface area contributed by atoms with Crippen LogP contribution in [0.2, 0.25) is 0 Å². The lowest BCUT2D eigenvalue weighted by Crippen LogP contribution is -2.50. The van der Waals surface area contributed by atoms with Crippen molar-refractivity contribution < 1.29 is 19.8 Å². The van der Waals surface area contributed by atoms with Crippen molar-refractivity contribution in [1.82, 2.24) is 0 Å². The molecule has 0 spiro atoms. The predicted octanol–water partition coefficient (Wildman–Crippen LogP) is 2.81. The Morgan fingerprint density at radius 3 is 2.29 bits per heavy atom. The molecule has 4 heteroatoms. The van der Waals surface area contributed by atoms with Crippen LogP contribution in [-0.2, 0) is 9.59 Å². The summed E-state index contributed by atoms with van der Waals surface area (Å²) < 4.78 is 0. The minimum atomic E-state index is -1.29. The lowest BCUT2D eigenvalue weighted by molar-refractivity contribution is -0.144. The number of carbonyl (C=O) groups excluding carboxylic acids is 2. The van der Waals surface area contributed by atoms with Crippen LogP contribution in [0, 0.1) is 23.2 Å². The molecule has 2 saturated carbocycles. The highest BCUT2D eigenvalue weighted by molar-refractivity contribution is 6.00. The number of aliphatic hydroxyl groups is 2. The zero-order chi connectivity index (χ0) is 18.1. The van der Waals surface area contributed by atoms with Gasteiger partial charge in [-0.15, -0.1) is 0 Å². The summed E-state index contributed by atoms with van der Waals surface area (Å²) in [6, 6.07) is 0. The second-order valence-electron chi connectivity index (χ2n) is 9.07. The van der Waals surface area contributed by atoms with Crippen LogP contribution in [0.4, 0.5) is 0 Å². The van der Waals surface area contributed by atoms with Gasteiger partial charge in [0, 0.05) is 18.8 Å². The summed E-state index contributed by atoms with van der Waals surface area (Å²) in [6.45, 7) is 9.65. The number of rotatable bonds is 1. The van der Waals surface area contributed by atoms with Crippen LogP contribution in [-0.4, -0.2) is 33.0 Å². The van der Waals surface area contributed by atoms with E-state index in [0.29, 0.717) is 31.3 Å². The SMILES string of the molecule is CC1=C2C[C@]3(C)CC(=O)[C@@](O)(C(C)C)[C@H]3CC[C@H](C)[C@]2(O)CC1=O. The molecular weight excluding hydrogens is 304 g/mol. The molecule has 0 amide bonds. The van der Waals surface area contributed by atoms with Crippen LogP contribution < -0.4 is 0 Å². The Morgan fingerprint density at radius 1 is 1.08 bits per heavy atom. The van der Waals surface area contributed by atoms with Crippen LogP contribution in [0.3, 0.4) is 0 Å². The van der Waals surface area contributed by atoms with Crippen molar-refractivity contribution >= 4 is 11.6 Å². The second kappa shape index (κ2) is 5.25. The van der Waals surface area contributed by atoms with E-state index < -0.39 is 16.6 Å². The van der Waals surface area contributed by atoms with Gasteiger partial charge in [0.15, 0.2) is 11.6 Å². The van der Waals surface area contributed by atoms with E-state index >= 15 is 0 Å². The summed E-state index contributed by atoms with van der Waals surface area (Å²) in [5.41, 5.74) is -1.28. The zero-order valence-electron chi connectivity index (χ0n) is 15.5. The third-order valence-electron chi connectivity index (χ3n) is 7.37. The maximum Gasteiger partial charge on any atom is 0.165 e. The number of carbonyl (C=O) groups is 2. The highest BCUT2D eigenvalue weighted by atomic mass is 16.3. The molecule has 0 aromatic heterocycles. The number of hydrogen-bond donors (Lipinski definition) is 2. The largest absolute Gasteiger partial charge is 0.385 e. The molecule has 24 heavy (non-hydrogen) atoms. The van der Waals surface area contributed by atoms with Gasteiger partial charge in [-0.25, -0.2) is 0 Å². The predicted molar refractivity (Wildman–Crippen MR) is 91.3 cm³/mol. The standard InChI is InChI=1S/C20H30O4/c1-11(2)20(24)16-7-6-12(3)19(23)9-15(21)13(4)14(19)8-18(16,5)10-17(20)22/h11-12,16,23-24H,6-10H2,1-5H3/t12-,16-,18+,19+,20+/m0/s1. The quantitative estimate of drug-likeness (QED) is 0.773. The van der Waals surface area contributed by atoms with Crippen LogP contribution >= 0.6 is 0 Å². The van der Waals surface area contributed by atoms with Crippen molar-refractivity contribution in [2.75, 3.05) is 0 Å². The first-order chi connectivity index (χ1) is 11.0. The van der Waals surface area contributed by atoms with E-state index in [1.165, 1.54) is 0 Å². The zero-order valence-corrected chi connectivity index (χ0v) is 15.5. The van der Waals surface area contributed by atoms with Crippen molar-refractivity contribution in [3.63, 3.8) is 0 Å². The van der Waals surface area contributed by atoms with Crippen LogP contribution in [0.5, 0.6) is 0 Å². The molecule has 0 bridgehead atoms. The third-order valence-corrected chi connectivity index (χ3v) is 7.37. The molecule has 2 fully saturated rings. The fourth-order valence-electron chi connectivity index (χ4n) is 5.63. The van der Waals surface area contributed by atoms with Crippen molar-refractivity contribution in [3.8, 4) is 0 Å². The summed E-state index contributed by atoms with van der Waals surface area (Å²) in [4.78, 5) is 25.0. The number of ketones is 2. The molecule has 3 rings (SSSR count). The average Bonchev–Trinajstić information content (AvgIpc) is 2.81. The van der Waals surface area contributed by atoms with Crippen molar-refractivity contribution in [2.45, 2.75) is 77.9 Å². The molecule has 2 N–H and O–H groups in total. The Kier molecular flexibility index (Phi) is 3.89. The van der Waals surface area contributed by atoms with Gasteiger partial charge in [0.25, 0.3) is 0 Å². The average molecular weight is 334 g/mol. The van der Waals surface area contributed by atoms with E-state index in [2.05, 4.69) is 6.92 Å². The first kappa shape index (κ1) is 17.8. The van der Waals surface area contributed by atoms with Crippen LogP contribution in [0.1, 0.15) is 66.7 Å². The van der Waals surface area contributed by atoms with E-state index in [9.17, 15) is 19.8 Å². The number of hydrogen-bond acceptors (Lipinski definition) is 4. The molecule has 0 aliphatic heterocycles. The highest BCUT2D eigenvalue weighted by Gasteiger charge is 2.63. The smallest absolute Gasteiger partial charge is 0.165 e. The molecule has 0 heterocycles. The monoisotopic (exact) mass is 334 g/mol. The van der Waals surface area contributed by atoms with E-state index in [-0.39, 0.29) is 35.7 Å². The Balaban J connectivity index is 2.10. The van der Waals surface area contributed by atoms with Gasteiger partial charge >= 0.3 is 0 Å². The molecule has 134 valence electrons. The summed E-state index contributed by atoms with van der Waals surface area (Å²) in [7, 11) is 0. The summed E-state index contributed by atoms with van der Waals surface area (Å²) in [6.07, 6.45) is 2.43. The lowest BCUT2D eigenvalue weighted by atomic mass is 9.61. The lowest BCUT2D eigenvalue weighted by Gasteiger charge is -2.45. The Bertz CT molecular complexity index is 634. The van der Waals surface area contributed by atoms with Gasteiger partial charge < -0.3 is 10.2 Å². The molecule has 3 aliphatic rings. The van der Waals surface area contributed by atoms with Crippen molar-refractivity contribution in [3.05, 3.63) is 11.1 Å². The van der Waals surface area contributed by atoms with Gasteiger partial charge in [-0.1, -0.05) is 27.7 Å². The van der Waals surface area contributed by atoms with Crippen LogP contribution in [0.15, 0.2) is 11.1 Å². The van der Waals surface area contributed by atoms with Crippen molar-refractivity contribution in [1.29, 1.82) is 0 Å². The molecule has 3 aliphatic carbocycles. The minimum absolute atomic E-state index is 0.0184. The van der Waals surface area contributed by atoms with Gasteiger partial charge in [0.1, 0.15) is 5.60 Å². The maximum absolute atomic E-state index is 12.7. The van der Waals surface area contributed by atoms with E-state index in [4.69, 9.17) is 0 Å². The maximum atomic E-state index is 12.7. The Morgan fingerprint density at radius 2 is 1.71 bits per heavy atom. The first-order valence-corrected chi connectivity index (χ1v) is 9.18. The van der Waals surface area contributed by atoms with Crippen LogP contribution in [0.25, 0.3) is 0 Å². The second-order valence-corrected chi connectivity index (χ2v) is 9.07. The minimum Gasteiger partial charge on any atom is -0.385 e. The number of allylic oxidation sites excluding steroid dienone is 1. The molecule has 4 nitrogen and oxygen atoms in total. The van der Waals surface area contributed by atoms with Gasteiger partial charge in [-0.05, 0) is 54.6 Å². The molecule has 0 aromatic rings. The summed E-state index contributed by atoms with van der Waals surface area (Å²) in [5, 5.41) is 22.5. The fraction of sp³-hybridized carbons (Fsp3) is 0.800. The van der Waals surface area contributed by atoms with Gasteiger partial charge in [-0.2, -0.15) is 0 Å². The molecule has 5 atom stereocenters. The number of Topliss-reactive ketones (excluding diaryl/α,β-unsaturated/α-hetero) is 2. The van der Waals surface area contributed by atoms with E-state index in [1.54, 1.807) is 6.92 Å². The van der Waals surface area contributed by atoms with Gasteiger partial charge in [0.05, 0.1) is 5.60 Å². The Hall–Kier alpha value is -1.00.